The summed E-state index contributed by atoms with van der Waals surface area (Å²) < 4.78 is 43.8. The highest BCUT2D eigenvalue weighted by atomic mass is 16.6. The zero-order valence-corrected chi connectivity index (χ0v) is 29.9. The number of hydrogen-bond acceptors (Lipinski definition) is 11. The van der Waals surface area contributed by atoms with Gasteiger partial charge in [-0.15, -0.1) is 0 Å². The van der Waals surface area contributed by atoms with E-state index < -0.39 is 0 Å². The van der Waals surface area contributed by atoms with Gasteiger partial charge in [-0.25, -0.2) is 0 Å². The molecule has 47 heavy (non-hydrogen) atoms. The Balaban J connectivity index is 1.72. The lowest BCUT2D eigenvalue weighted by atomic mass is 9.80. The number of carbonyl (C=O) groups is 3. The lowest BCUT2D eigenvalue weighted by molar-refractivity contribution is -0.141. The number of nitrogens with one attached hydrogen (secondary N) is 1. The topological polar surface area (TPSA) is 140 Å². The van der Waals surface area contributed by atoms with Crippen molar-refractivity contribution in [2.24, 2.45) is 17.3 Å². The molecule has 1 unspecified atom stereocenters. The van der Waals surface area contributed by atoms with Gasteiger partial charge in [-0.3, -0.25) is 19.3 Å². The van der Waals surface area contributed by atoms with Crippen molar-refractivity contribution in [1.29, 1.82) is 0 Å². The molecule has 3 amide bonds. The van der Waals surface area contributed by atoms with E-state index in [4.69, 9.17) is 37.9 Å². The minimum Gasteiger partial charge on any atom is -0.379 e. The molecule has 1 aliphatic heterocycles. The first-order chi connectivity index (χ1) is 22.6. The van der Waals surface area contributed by atoms with Crippen molar-refractivity contribution in [1.82, 2.24) is 10.2 Å². The minimum atomic E-state index is -0.259. The first-order valence-electron chi connectivity index (χ1n) is 17.4. The summed E-state index contributed by atoms with van der Waals surface area (Å²) in [6.07, 6.45) is 4.01. The van der Waals surface area contributed by atoms with Crippen molar-refractivity contribution in [2.75, 3.05) is 119 Å². The standard InChI is InChI=1S/C34H64N2O11/c1-29(2)8-6-7-10-35-31(37)9-12-40-14-16-42-18-20-44-22-24-46-26-27-47-25-23-45-21-19-43-17-15-41-13-11-36-32(38)28-30(33(36)39)34(3,4)5/h29-30H,6-28H2,1-5H3,(H,35,37). The Hall–Kier alpha value is -1.71. The fourth-order valence-electron chi connectivity index (χ4n) is 4.55. The molecular weight excluding hydrogens is 612 g/mol. The van der Waals surface area contributed by atoms with Crippen LogP contribution in [0.3, 0.4) is 0 Å². The lowest BCUT2D eigenvalue weighted by Crippen LogP contribution is -2.36. The van der Waals surface area contributed by atoms with Gasteiger partial charge in [-0.1, -0.05) is 47.5 Å². The Morgan fingerprint density at radius 1 is 0.681 bits per heavy atom. The number of amides is 3. The molecule has 1 heterocycles. The van der Waals surface area contributed by atoms with Crippen LogP contribution in [0.15, 0.2) is 0 Å². The third kappa shape index (κ3) is 24.1. The van der Waals surface area contributed by atoms with Gasteiger partial charge in [0.05, 0.1) is 118 Å². The zero-order valence-electron chi connectivity index (χ0n) is 29.9. The van der Waals surface area contributed by atoms with Crippen molar-refractivity contribution in [3.05, 3.63) is 0 Å². The van der Waals surface area contributed by atoms with Crippen molar-refractivity contribution in [3.8, 4) is 0 Å². The second-order valence-corrected chi connectivity index (χ2v) is 12.9. The first-order valence-corrected chi connectivity index (χ1v) is 17.4. The maximum absolute atomic E-state index is 12.5. The Morgan fingerprint density at radius 3 is 1.47 bits per heavy atom. The number of hydrogen-bond donors (Lipinski definition) is 1. The fraction of sp³-hybridized carbons (Fsp3) is 0.912. The maximum Gasteiger partial charge on any atom is 0.233 e. The molecule has 0 radical (unpaired) electrons. The molecule has 1 N–H and O–H groups in total. The van der Waals surface area contributed by atoms with Crippen LogP contribution in [0.1, 0.15) is 66.7 Å². The molecule has 1 saturated heterocycles. The van der Waals surface area contributed by atoms with E-state index in [9.17, 15) is 14.4 Å². The normalized spacial score (nSPS) is 15.4. The Labute approximate surface area is 282 Å². The molecule has 0 aliphatic carbocycles. The molecule has 0 aromatic heterocycles. The van der Waals surface area contributed by atoms with Crippen molar-refractivity contribution in [3.63, 3.8) is 0 Å². The summed E-state index contributed by atoms with van der Waals surface area (Å²) in [5, 5.41) is 2.93. The number of imide groups is 1. The summed E-state index contributed by atoms with van der Waals surface area (Å²) in [5.41, 5.74) is -0.222. The van der Waals surface area contributed by atoms with E-state index in [0.29, 0.717) is 118 Å². The second-order valence-electron chi connectivity index (χ2n) is 12.9. The average molecular weight is 677 g/mol. The highest BCUT2D eigenvalue weighted by Crippen LogP contribution is 2.35. The van der Waals surface area contributed by atoms with Crippen LogP contribution in [-0.4, -0.2) is 141 Å². The van der Waals surface area contributed by atoms with Gasteiger partial charge in [0, 0.05) is 19.4 Å². The highest BCUT2D eigenvalue weighted by Gasteiger charge is 2.44. The van der Waals surface area contributed by atoms with Crippen molar-refractivity contribution in [2.45, 2.75) is 66.7 Å². The van der Waals surface area contributed by atoms with Crippen LogP contribution in [-0.2, 0) is 52.3 Å². The number of ether oxygens (including phenoxy) is 8. The minimum absolute atomic E-state index is 0.0324. The first kappa shape index (κ1) is 43.3. The third-order valence-corrected chi connectivity index (χ3v) is 7.36. The van der Waals surface area contributed by atoms with Crippen LogP contribution in [0, 0.1) is 17.3 Å². The maximum atomic E-state index is 12.5. The van der Waals surface area contributed by atoms with E-state index in [1.54, 1.807) is 0 Å². The largest absolute Gasteiger partial charge is 0.379 e. The van der Waals surface area contributed by atoms with Crippen molar-refractivity contribution >= 4 is 17.7 Å². The molecule has 276 valence electrons. The molecular formula is C34H64N2O11. The molecule has 0 bridgehead atoms. The van der Waals surface area contributed by atoms with Crippen molar-refractivity contribution < 1.29 is 52.3 Å². The van der Waals surface area contributed by atoms with E-state index in [0.717, 1.165) is 19.4 Å². The quantitative estimate of drug-likeness (QED) is 0.0831. The molecule has 13 nitrogen and oxygen atoms in total. The van der Waals surface area contributed by atoms with Gasteiger partial charge < -0.3 is 43.2 Å². The van der Waals surface area contributed by atoms with Gasteiger partial charge in [0.15, 0.2) is 0 Å². The second kappa shape index (κ2) is 28.2. The van der Waals surface area contributed by atoms with Gasteiger partial charge in [-0.2, -0.15) is 0 Å². The van der Waals surface area contributed by atoms with E-state index in [1.165, 1.54) is 11.3 Å². The van der Waals surface area contributed by atoms with E-state index in [1.807, 2.05) is 20.8 Å². The molecule has 0 saturated carbocycles. The van der Waals surface area contributed by atoms with E-state index >= 15 is 0 Å². The third-order valence-electron chi connectivity index (χ3n) is 7.36. The predicted molar refractivity (Wildman–Crippen MR) is 177 cm³/mol. The lowest BCUT2D eigenvalue weighted by Gasteiger charge is -2.24. The van der Waals surface area contributed by atoms with Gasteiger partial charge in [-0.05, 0) is 17.8 Å². The Kier molecular flexibility index (Phi) is 26.0. The predicted octanol–water partition coefficient (Wildman–Crippen LogP) is 2.87. The summed E-state index contributed by atoms with van der Waals surface area (Å²) in [4.78, 5) is 37.6. The number of carbonyl (C=O) groups excluding carboxylic acids is 3. The fourth-order valence-corrected chi connectivity index (χ4v) is 4.55. The molecule has 0 spiro atoms. The van der Waals surface area contributed by atoms with Gasteiger partial charge in [0.2, 0.25) is 17.7 Å². The molecule has 0 aromatic rings. The molecule has 1 fully saturated rings. The Bertz CT molecular complexity index is 807. The van der Waals surface area contributed by atoms with E-state index in [-0.39, 0.29) is 42.0 Å². The summed E-state index contributed by atoms with van der Waals surface area (Å²) >= 11 is 0. The molecule has 1 aliphatic rings. The highest BCUT2D eigenvalue weighted by molar-refractivity contribution is 6.03. The number of rotatable bonds is 32. The number of nitrogens with zero attached hydrogens (tertiary/aromatic N) is 1. The van der Waals surface area contributed by atoms with Gasteiger partial charge in [0.1, 0.15) is 0 Å². The van der Waals surface area contributed by atoms with Crippen LogP contribution in [0.2, 0.25) is 0 Å². The summed E-state index contributed by atoms with van der Waals surface area (Å²) in [7, 11) is 0. The van der Waals surface area contributed by atoms with E-state index in [2.05, 4.69) is 19.2 Å². The van der Waals surface area contributed by atoms with Crippen LogP contribution < -0.4 is 5.32 Å². The monoisotopic (exact) mass is 676 g/mol. The smallest absolute Gasteiger partial charge is 0.233 e. The SMILES string of the molecule is CC(C)CCCCNC(=O)CCOCCOCCOCCOCCOCCOCCOCCOCCN1C(=O)CC(C(C)(C)C)C1=O. The van der Waals surface area contributed by atoms with Gasteiger partial charge >= 0.3 is 0 Å². The molecule has 1 rings (SSSR count). The Morgan fingerprint density at radius 2 is 1.09 bits per heavy atom. The number of likely N-dealkylation sites (tertiary alicyclic amines) is 1. The molecule has 13 heteroatoms. The zero-order chi connectivity index (χ0) is 34.6. The van der Waals surface area contributed by atoms with Crippen LogP contribution in [0.5, 0.6) is 0 Å². The average Bonchev–Trinajstić information content (AvgIpc) is 3.31. The summed E-state index contributed by atoms with van der Waals surface area (Å²) in [6.45, 7) is 18.5. The van der Waals surface area contributed by atoms with Crippen LogP contribution >= 0.6 is 0 Å². The summed E-state index contributed by atoms with van der Waals surface area (Å²) in [5.74, 6) is 0.261. The van der Waals surface area contributed by atoms with Crippen LogP contribution in [0.25, 0.3) is 0 Å². The molecule has 1 atom stereocenters. The van der Waals surface area contributed by atoms with Gasteiger partial charge in [0.25, 0.3) is 0 Å². The number of unbranched alkanes of at least 4 members (excludes halogenated alkanes) is 1. The summed E-state index contributed by atoms with van der Waals surface area (Å²) in [6, 6.07) is 0. The molecule has 0 aromatic carbocycles. The van der Waals surface area contributed by atoms with Crippen LogP contribution in [0.4, 0.5) is 0 Å².